The minimum Gasteiger partial charge on any atom is -0.482 e. The Bertz CT molecular complexity index is 806. The van der Waals surface area contributed by atoms with E-state index >= 15 is 0 Å². The SMILES string of the molecule is CCCNC(=O)[C@@H](C)NC(=O)COC(=O)COc1ccc(-c2ccccc2)cc1. The van der Waals surface area contributed by atoms with Crippen LogP contribution in [-0.2, 0) is 19.1 Å². The highest BCUT2D eigenvalue weighted by atomic mass is 16.6. The summed E-state index contributed by atoms with van der Waals surface area (Å²) in [6.07, 6.45) is 0.805. The Morgan fingerprint density at radius 3 is 2.24 bits per heavy atom. The van der Waals surface area contributed by atoms with E-state index in [1.807, 2.05) is 49.4 Å². The zero-order chi connectivity index (χ0) is 21.1. The average Bonchev–Trinajstić information content (AvgIpc) is 2.75. The maximum atomic E-state index is 11.8. The fourth-order valence-corrected chi connectivity index (χ4v) is 2.45. The zero-order valence-electron chi connectivity index (χ0n) is 16.6. The summed E-state index contributed by atoms with van der Waals surface area (Å²) in [5.74, 6) is -0.985. The van der Waals surface area contributed by atoms with Crippen molar-refractivity contribution in [3.8, 4) is 16.9 Å². The predicted molar refractivity (Wildman–Crippen MR) is 109 cm³/mol. The Kier molecular flexibility index (Phi) is 8.69. The van der Waals surface area contributed by atoms with E-state index in [0.717, 1.165) is 17.5 Å². The van der Waals surface area contributed by atoms with Gasteiger partial charge in [-0.2, -0.15) is 0 Å². The summed E-state index contributed by atoms with van der Waals surface area (Å²) in [7, 11) is 0. The van der Waals surface area contributed by atoms with E-state index in [0.29, 0.717) is 12.3 Å². The van der Waals surface area contributed by atoms with E-state index in [4.69, 9.17) is 9.47 Å². The third-order valence-corrected chi connectivity index (χ3v) is 4.00. The van der Waals surface area contributed by atoms with Gasteiger partial charge in [-0.05, 0) is 36.6 Å². The highest BCUT2D eigenvalue weighted by Gasteiger charge is 2.16. The molecule has 2 rings (SSSR count). The molecule has 2 N–H and O–H groups in total. The Morgan fingerprint density at radius 1 is 0.931 bits per heavy atom. The predicted octanol–water partition coefficient (Wildman–Crippen LogP) is 2.31. The quantitative estimate of drug-likeness (QED) is 0.599. The van der Waals surface area contributed by atoms with Crippen molar-refractivity contribution >= 4 is 17.8 Å². The molecule has 29 heavy (non-hydrogen) atoms. The summed E-state index contributed by atoms with van der Waals surface area (Å²) in [4.78, 5) is 35.2. The molecule has 0 fully saturated rings. The fraction of sp³-hybridized carbons (Fsp3) is 0.318. The topological polar surface area (TPSA) is 93.7 Å². The third kappa shape index (κ3) is 7.65. The minimum absolute atomic E-state index is 0.284. The molecule has 0 bridgehead atoms. The van der Waals surface area contributed by atoms with Crippen LogP contribution in [-0.4, -0.2) is 43.6 Å². The Morgan fingerprint density at radius 2 is 1.59 bits per heavy atom. The molecule has 0 heterocycles. The molecular weight excluding hydrogens is 372 g/mol. The van der Waals surface area contributed by atoms with E-state index in [1.54, 1.807) is 19.1 Å². The number of esters is 1. The van der Waals surface area contributed by atoms with Crippen LogP contribution in [0.5, 0.6) is 5.75 Å². The molecule has 2 aromatic carbocycles. The molecule has 154 valence electrons. The maximum Gasteiger partial charge on any atom is 0.344 e. The second-order valence-electron chi connectivity index (χ2n) is 6.42. The number of amides is 2. The smallest absolute Gasteiger partial charge is 0.344 e. The van der Waals surface area contributed by atoms with Crippen LogP contribution in [0.15, 0.2) is 54.6 Å². The molecule has 0 saturated carbocycles. The molecule has 0 saturated heterocycles. The van der Waals surface area contributed by atoms with Crippen molar-refractivity contribution in [1.29, 1.82) is 0 Å². The van der Waals surface area contributed by atoms with E-state index in [2.05, 4.69) is 10.6 Å². The summed E-state index contributed by atoms with van der Waals surface area (Å²) in [6.45, 7) is 3.25. The molecule has 0 spiro atoms. The highest BCUT2D eigenvalue weighted by Crippen LogP contribution is 2.21. The Balaban J connectivity index is 1.70. The van der Waals surface area contributed by atoms with Crippen LogP contribution >= 0.6 is 0 Å². The van der Waals surface area contributed by atoms with E-state index in [1.165, 1.54) is 0 Å². The molecule has 0 aliphatic carbocycles. The van der Waals surface area contributed by atoms with E-state index < -0.39 is 24.5 Å². The normalized spacial score (nSPS) is 11.2. The van der Waals surface area contributed by atoms with Crippen molar-refractivity contribution in [2.45, 2.75) is 26.3 Å². The number of hydrogen-bond donors (Lipinski definition) is 2. The van der Waals surface area contributed by atoms with Crippen molar-refractivity contribution < 1.29 is 23.9 Å². The number of hydrogen-bond acceptors (Lipinski definition) is 5. The minimum atomic E-state index is -0.702. The molecule has 7 heteroatoms. The van der Waals surface area contributed by atoms with Crippen molar-refractivity contribution in [1.82, 2.24) is 10.6 Å². The molecule has 0 aromatic heterocycles. The summed E-state index contributed by atoms with van der Waals surface area (Å²) in [6, 6.07) is 16.5. The molecule has 2 amide bonds. The van der Waals surface area contributed by atoms with Gasteiger partial charge >= 0.3 is 5.97 Å². The van der Waals surface area contributed by atoms with Gasteiger partial charge < -0.3 is 20.1 Å². The van der Waals surface area contributed by atoms with Gasteiger partial charge in [0.1, 0.15) is 11.8 Å². The van der Waals surface area contributed by atoms with Gasteiger partial charge in [-0.1, -0.05) is 49.4 Å². The summed E-state index contributed by atoms with van der Waals surface area (Å²) in [5, 5.41) is 5.14. The number of carbonyl (C=O) groups is 3. The van der Waals surface area contributed by atoms with Crippen LogP contribution in [0.1, 0.15) is 20.3 Å². The van der Waals surface area contributed by atoms with Crippen LogP contribution in [0.4, 0.5) is 0 Å². The first-order valence-electron chi connectivity index (χ1n) is 9.50. The van der Waals surface area contributed by atoms with E-state index in [-0.39, 0.29) is 12.5 Å². The van der Waals surface area contributed by atoms with E-state index in [9.17, 15) is 14.4 Å². The molecule has 0 aliphatic heterocycles. The third-order valence-electron chi connectivity index (χ3n) is 4.00. The summed E-state index contributed by atoms with van der Waals surface area (Å²) < 4.78 is 10.3. The number of ether oxygens (including phenoxy) is 2. The van der Waals surface area contributed by atoms with Gasteiger partial charge in [0.05, 0.1) is 0 Å². The van der Waals surface area contributed by atoms with Gasteiger partial charge in [-0.25, -0.2) is 4.79 Å². The van der Waals surface area contributed by atoms with Gasteiger partial charge in [0.2, 0.25) is 5.91 Å². The first kappa shape index (κ1) is 21.9. The van der Waals surface area contributed by atoms with Crippen LogP contribution < -0.4 is 15.4 Å². The van der Waals surface area contributed by atoms with Crippen molar-refractivity contribution in [2.24, 2.45) is 0 Å². The molecule has 0 radical (unpaired) electrons. The Hall–Kier alpha value is -3.35. The largest absolute Gasteiger partial charge is 0.482 e. The van der Waals surface area contributed by atoms with Crippen LogP contribution in [0.25, 0.3) is 11.1 Å². The van der Waals surface area contributed by atoms with Gasteiger partial charge in [0.15, 0.2) is 13.2 Å². The van der Waals surface area contributed by atoms with Gasteiger partial charge in [0, 0.05) is 6.54 Å². The summed E-state index contributed by atoms with van der Waals surface area (Å²) in [5.41, 5.74) is 2.12. The molecule has 7 nitrogen and oxygen atoms in total. The zero-order valence-corrected chi connectivity index (χ0v) is 16.6. The fourth-order valence-electron chi connectivity index (χ4n) is 2.45. The summed E-state index contributed by atoms with van der Waals surface area (Å²) >= 11 is 0. The van der Waals surface area contributed by atoms with Gasteiger partial charge in [0.25, 0.3) is 5.91 Å². The highest BCUT2D eigenvalue weighted by molar-refractivity contribution is 5.88. The number of rotatable bonds is 10. The number of nitrogens with one attached hydrogen (secondary N) is 2. The van der Waals surface area contributed by atoms with Gasteiger partial charge in [-0.15, -0.1) is 0 Å². The molecule has 0 aliphatic rings. The van der Waals surface area contributed by atoms with Crippen molar-refractivity contribution in [3.63, 3.8) is 0 Å². The first-order chi connectivity index (χ1) is 14.0. The van der Waals surface area contributed by atoms with Crippen LogP contribution in [0.3, 0.4) is 0 Å². The lowest BCUT2D eigenvalue weighted by molar-refractivity contribution is -0.150. The average molecular weight is 398 g/mol. The van der Waals surface area contributed by atoms with Crippen LogP contribution in [0, 0.1) is 0 Å². The van der Waals surface area contributed by atoms with Gasteiger partial charge in [-0.3, -0.25) is 9.59 Å². The van der Waals surface area contributed by atoms with Crippen molar-refractivity contribution in [3.05, 3.63) is 54.6 Å². The lowest BCUT2D eigenvalue weighted by Crippen LogP contribution is -2.46. The maximum absolute atomic E-state index is 11.8. The molecule has 0 unspecified atom stereocenters. The molecule has 2 aromatic rings. The number of carbonyl (C=O) groups excluding carboxylic acids is 3. The second kappa shape index (κ2) is 11.5. The number of benzene rings is 2. The monoisotopic (exact) mass is 398 g/mol. The lowest BCUT2D eigenvalue weighted by Gasteiger charge is -2.14. The molecule has 1 atom stereocenters. The standard InChI is InChI=1S/C22H26N2O5/c1-3-13-23-22(27)16(2)24-20(25)14-29-21(26)15-28-19-11-9-18(10-12-19)17-7-5-4-6-8-17/h4-12,16H,3,13-15H2,1-2H3,(H,23,27)(H,24,25)/t16-/m1/s1. The van der Waals surface area contributed by atoms with Crippen molar-refractivity contribution in [2.75, 3.05) is 19.8 Å². The molecular formula is C22H26N2O5. The second-order valence-corrected chi connectivity index (χ2v) is 6.42. The lowest BCUT2D eigenvalue weighted by atomic mass is 10.1. The first-order valence-corrected chi connectivity index (χ1v) is 9.50. The van der Waals surface area contributed by atoms with Crippen LogP contribution in [0.2, 0.25) is 0 Å². The Labute approximate surface area is 170 Å².